The van der Waals surface area contributed by atoms with Crippen LogP contribution in [0.2, 0.25) is 0 Å². The number of carbonyl (C=O) groups excluding carboxylic acids is 1. The molecule has 4 rings (SSSR count). The number of carbonyl (C=O) groups is 1. The maximum absolute atomic E-state index is 13.3. The van der Waals surface area contributed by atoms with Gasteiger partial charge >= 0.3 is 0 Å². The van der Waals surface area contributed by atoms with Gasteiger partial charge in [-0.2, -0.15) is 4.31 Å². The number of hydrogen-bond donors (Lipinski definition) is 1. The second kappa shape index (κ2) is 8.17. The van der Waals surface area contributed by atoms with E-state index in [1.54, 1.807) is 18.2 Å². The van der Waals surface area contributed by atoms with E-state index in [4.69, 9.17) is 0 Å². The van der Waals surface area contributed by atoms with E-state index in [0.29, 0.717) is 24.5 Å². The summed E-state index contributed by atoms with van der Waals surface area (Å²) in [6.45, 7) is 2.37. The molecule has 9 heteroatoms. The minimum absolute atomic E-state index is 0.206. The van der Waals surface area contributed by atoms with Crippen LogP contribution < -0.4 is 5.32 Å². The Morgan fingerprint density at radius 1 is 1.21 bits per heavy atom. The summed E-state index contributed by atoms with van der Waals surface area (Å²) in [6.07, 6.45) is 2.88. The molecule has 0 radical (unpaired) electrons. The summed E-state index contributed by atoms with van der Waals surface area (Å²) in [5, 5.41) is 13.9. The highest BCUT2D eigenvalue weighted by atomic mass is 32.2. The van der Waals surface area contributed by atoms with Crippen molar-refractivity contribution in [2.24, 2.45) is 0 Å². The van der Waals surface area contributed by atoms with E-state index in [0.717, 1.165) is 28.6 Å². The Bertz CT molecular complexity index is 1140. The van der Waals surface area contributed by atoms with Crippen LogP contribution in [-0.2, 0) is 21.2 Å². The molecule has 3 aromatic rings. The molecule has 29 heavy (non-hydrogen) atoms. The highest BCUT2D eigenvalue weighted by Gasteiger charge is 2.39. The second-order valence-electron chi connectivity index (χ2n) is 7.02. The zero-order chi connectivity index (χ0) is 20.4. The van der Waals surface area contributed by atoms with E-state index >= 15 is 0 Å². The summed E-state index contributed by atoms with van der Waals surface area (Å²) in [6, 6.07) is 11.9. The van der Waals surface area contributed by atoms with Gasteiger partial charge in [0.25, 0.3) is 0 Å². The summed E-state index contributed by atoms with van der Waals surface area (Å²) in [5.41, 5.74) is 0. The molecular weight excluding hydrogens is 408 g/mol. The highest BCUT2D eigenvalue weighted by Crippen LogP contribution is 2.29. The molecule has 1 fully saturated rings. The van der Waals surface area contributed by atoms with Gasteiger partial charge in [-0.15, -0.1) is 10.2 Å². The highest BCUT2D eigenvalue weighted by molar-refractivity contribution is 7.89. The van der Waals surface area contributed by atoms with Gasteiger partial charge in [0, 0.05) is 13.0 Å². The van der Waals surface area contributed by atoms with Gasteiger partial charge in [0.1, 0.15) is 11.0 Å². The maximum atomic E-state index is 13.3. The molecule has 1 atom stereocenters. The number of nitrogens with zero attached hydrogens (tertiary/aromatic N) is 3. The third kappa shape index (κ3) is 4.03. The molecule has 0 bridgehead atoms. The lowest BCUT2D eigenvalue weighted by atomic mass is 10.1. The van der Waals surface area contributed by atoms with Crippen molar-refractivity contribution >= 4 is 43.2 Å². The van der Waals surface area contributed by atoms with Gasteiger partial charge in [0.05, 0.1) is 4.90 Å². The Morgan fingerprint density at radius 3 is 2.79 bits per heavy atom. The molecule has 1 N–H and O–H groups in total. The third-order valence-corrected chi connectivity index (χ3v) is 7.80. The van der Waals surface area contributed by atoms with Crippen molar-refractivity contribution in [1.29, 1.82) is 0 Å². The predicted octanol–water partition coefficient (Wildman–Crippen LogP) is 3.44. The Balaban J connectivity index is 1.56. The fourth-order valence-corrected chi connectivity index (χ4v) is 6.10. The third-order valence-electron chi connectivity index (χ3n) is 4.99. The maximum Gasteiger partial charge on any atom is 0.244 e. The molecule has 1 amide bonds. The van der Waals surface area contributed by atoms with Gasteiger partial charge < -0.3 is 0 Å². The normalized spacial score (nSPS) is 17.6. The zero-order valence-electron chi connectivity index (χ0n) is 16.0. The Morgan fingerprint density at radius 2 is 2.00 bits per heavy atom. The molecule has 0 unspecified atom stereocenters. The van der Waals surface area contributed by atoms with E-state index in [9.17, 15) is 13.2 Å². The number of rotatable bonds is 6. The van der Waals surface area contributed by atoms with Crippen molar-refractivity contribution in [2.75, 3.05) is 11.9 Å². The fraction of sp³-hybridized carbons (Fsp3) is 0.350. The summed E-state index contributed by atoms with van der Waals surface area (Å²) in [5.74, 6) is -0.355. The largest absolute Gasteiger partial charge is 0.299 e. The van der Waals surface area contributed by atoms with Gasteiger partial charge in [0.2, 0.25) is 21.1 Å². The van der Waals surface area contributed by atoms with Gasteiger partial charge in [0.15, 0.2) is 0 Å². The first-order valence-corrected chi connectivity index (χ1v) is 11.9. The van der Waals surface area contributed by atoms with E-state index in [1.165, 1.54) is 15.6 Å². The number of hydrogen-bond acceptors (Lipinski definition) is 6. The number of anilines is 1. The van der Waals surface area contributed by atoms with Crippen LogP contribution in [0, 0.1) is 0 Å². The number of amides is 1. The molecule has 7 nitrogen and oxygen atoms in total. The minimum atomic E-state index is -3.78. The van der Waals surface area contributed by atoms with Crippen LogP contribution >= 0.6 is 11.3 Å². The van der Waals surface area contributed by atoms with E-state index < -0.39 is 16.1 Å². The van der Waals surface area contributed by atoms with Gasteiger partial charge in [-0.05, 0) is 42.2 Å². The quantitative estimate of drug-likeness (QED) is 0.647. The molecule has 1 aromatic heterocycles. The van der Waals surface area contributed by atoms with Crippen molar-refractivity contribution in [1.82, 2.24) is 14.5 Å². The number of nitrogens with one attached hydrogen (secondary N) is 1. The van der Waals surface area contributed by atoms with Crippen LogP contribution in [0.1, 0.15) is 31.2 Å². The van der Waals surface area contributed by atoms with E-state index in [1.807, 2.05) is 31.2 Å². The average Bonchev–Trinajstić information content (AvgIpc) is 3.38. The molecule has 0 saturated carbocycles. The molecule has 1 aliphatic heterocycles. The zero-order valence-corrected chi connectivity index (χ0v) is 17.7. The van der Waals surface area contributed by atoms with E-state index in [2.05, 4.69) is 15.5 Å². The monoisotopic (exact) mass is 430 g/mol. The molecule has 1 aliphatic rings. The second-order valence-corrected chi connectivity index (χ2v) is 9.98. The van der Waals surface area contributed by atoms with Crippen LogP contribution in [0.25, 0.3) is 10.8 Å². The first kappa shape index (κ1) is 19.9. The Labute approximate surface area is 173 Å². The smallest absolute Gasteiger partial charge is 0.244 e. The molecule has 152 valence electrons. The van der Waals surface area contributed by atoms with Crippen molar-refractivity contribution in [3.05, 3.63) is 47.5 Å². The van der Waals surface area contributed by atoms with Crippen LogP contribution in [0.4, 0.5) is 5.13 Å². The number of benzene rings is 2. The standard InChI is InChI=1S/C20H22N4O3S2/c1-2-6-18-22-23-20(28-18)21-19(25)17-9-5-12-24(17)29(26,27)16-11-10-14-7-3-4-8-15(14)13-16/h3-4,7-8,10-11,13,17H,2,5-6,9,12H2,1H3,(H,21,23,25)/t17-/m0/s1. The van der Waals surface area contributed by atoms with Crippen molar-refractivity contribution in [3.63, 3.8) is 0 Å². The lowest BCUT2D eigenvalue weighted by molar-refractivity contribution is -0.119. The molecular formula is C20H22N4O3S2. The number of sulfonamides is 1. The molecule has 0 aliphatic carbocycles. The lowest BCUT2D eigenvalue weighted by Crippen LogP contribution is -2.43. The topological polar surface area (TPSA) is 92.3 Å². The summed E-state index contributed by atoms with van der Waals surface area (Å²) in [4.78, 5) is 13.0. The minimum Gasteiger partial charge on any atom is -0.299 e. The van der Waals surface area contributed by atoms with Crippen LogP contribution in [0.5, 0.6) is 0 Å². The van der Waals surface area contributed by atoms with Crippen molar-refractivity contribution in [3.8, 4) is 0 Å². The Hall–Kier alpha value is -2.36. The van der Waals surface area contributed by atoms with Crippen LogP contribution in [-0.4, -0.2) is 41.4 Å². The summed E-state index contributed by atoms with van der Waals surface area (Å²) >= 11 is 1.33. The first-order chi connectivity index (χ1) is 14.0. The molecule has 0 spiro atoms. The van der Waals surface area contributed by atoms with Gasteiger partial charge in [-0.25, -0.2) is 8.42 Å². The summed E-state index contributed by atoms with van der Waals surface area (Å²) in [7, 11) is -3.78. The number of aromatic nitrogens is 2. The predicted molar refractivity (Wildman–Crippen MR) is 113 cm³/mol. The SMILES string of the molecule is CCCc1nnc(NC(=O)[C@@H]2CCCN2S(=O)(=O)c2ccc3ccccc3c2)s1. The fourth-order valence-electron chi connectivity index (χ4n) is 3.56. The Kier molecular flexibility index (Phi) is 5.62. The van der Waals surface area contributed by atoms with Crippen molar-refractivity contribution < 1.29 is 13.2 Å². The van der Waals surface area contributed by atoms with Gasteiger partial charge in [-0.3, -0.25) is 10.1 Å². The van der Waals surface area contributed by atoms with Crippen LogP contribution in [0.15, 0.2) is 47.4 Å². The molecule has 2 heterocycles. The lowest BCUT2D eigenvalue weighted by Gasteiger charge is -2.23. The van der Waals surface area contributed by atoms with Gasteiger partial charge in [-0.1, -0.05) is 48.6 Å². The van der Waals surface area contributed by atoms with Crippen molar-refractivity contribution in [2.45, 2.75) is 43.5 Å². The molecule has 1 saturated heterocycles. The summed E-state index contributed by atoms with van der Waals surface area (Å²) < 4.78 is 27.8. The molecule has 2 aromatic carbocycles. The average molecular weight is 431 g/mol. The van der Waals surface area contributed by atoms with Crippen LogP contribution in [0.3, 0.4) is 0 Å². The van der Waals surface area contributed by atoms with E-state index in [-0.39, 0.29) is 10.8 Å². The first-order valence-electron chi connectivity index (χ1n) is 9.63. The number of aryl methyl sites for hydroxylation is 1. The number of fused-ring (bicyclic) bond motifs is 1.